The molecular formula is C114H92F4O24. The minimum atomic E-state index is -0.731. The topological polar surface area (TPSA) is 316 Å². The summed E-state index contributed by atoms with van der Waals surface area (Å²) < 4.78 is 116. The van der Waals surface area contributed by atoms with Gasteiger partial charge in [0.05, 0.1) is 0 Å². The number of benzene rings is 12. The molecule has 142 heavy (non-hydrogen) atoms. The maximum atomic E-state index is 14.3. The van der Waals surface area contributed by atoms with Crippen LogP contribution in [0.2, 0.25) is 0 Å². The summed E-state index contributed by atoms with van der Waals surface area (Å²) in [6.45, 7) is 50.1. The minimum Gasteiger partial charge on any atom is -0.423 e. The molecule has 0 aliphatic heterocycles. The molecule has 0 fully saturated rings. The van der Waals surface area contributed by atoms with E-state index in [0.717, 1.165) is 70.8 Å². The number of halogens is 4. The van der Waals surface area contributed by atoms with Crippen LogP contribution in [0.25, 0.3) is 66.8 Å². The van der Waals surface area contributed by atoms with Crippen LogP contribution in [0.3, 0.4) is 0 Å². The van der Waals surface area contributed by atoms with E-state index in [1.54, 1.807) is 185 Å². The molecule has 0 saturated heterocycles. The van der Waals surface area contributed by atoms with Crippen LogP contribution in [0.4, 0.5) is 17.6 Å². The zero-order valence-electron chi connectivity index (χ0n) is 77.7. The van der Waals surface area contributed by atoms with E-state index in [2.05, 4.69) is 78.9 Å². The molecule has 0 bridgehead atoms. The van der Waals surface area contributed by atoms with Crippen molar-refractivity contribution in [2.24, 2.45) is 0 Å². The Balaban J connectivity index is 0.000000231. The first-order valence-electron chi connectivity index (χ1n) is 41.9. The molecule has 720 valence electrons. The first-order valence-corrected chi connectivity index (χ1v) is 41.9. The number of hydrogen-bond donors (Lipinski definition) is 0. The van der Waals surface area contributed by atoms with Crippen LogP contribution in [0.1, 0.15) is 41.5 Å². The number of esters is 12. The van der Waals surface area contributed by atoms with Crippen molar-refractivity contribution in [2.75, 3.05) is 0 Å². The summed E-state index contributed by atoms with van der Waals surface area (Å²) in [6, 6.07) is 70.8. The highest BCUT2D eigenvalue weighted by Crippen LogP contribution is 2.35. The van der Waals surface area contributed by atoms with Crippen LogP contribution >= 0.6 is 0 Å². The van der Waals surface area contributed by atoms with Gasteiger partial charge in [-0.1, -0.05) is 188 Å². The van der Waals surface area contributed by atoms with E-state index < -0.39 is 94.9 Å². The van der Waals surface area contributed by atoms with Crippen molar-refractivity contribution in [2.45, 2.75) is 41.5 Å². The van der Waals surface area contributed by atoms with E-state index in [1.807, 2.05) is 48.5 Å². The summed E-state index contributed by atoms with van der Waals surface area (Å²) in [5.74, 6) is -6.12. The van der Waals surface area contributed by atoms with Gasteiger partial charge in [0.25, 0.3) is 0 Å². The maximum Gasteiger partial charge on any atom is 0.338 e. The second-order valence-electron chi connectivity index (χ2n) is 29.5. The van der Waals surface area contributed by atoms with Crippen molar-refractivity contribution >= 4 is 71.6 Å². The summed E-state index contributed by atoms with van der Waals surface area (Å²) in [6.07, 6.45) is 6.28. The Morgan fingerprint density at radius 1 is 0.183 bits per heavy atom. The Bertz CT molecular complexity index is 6700. The van der Waals surface area contributed by atoms with Gasteiger partial charge < -0.3 is 56.8 Å². The molecule has 0 amide bonds. The minimum absolute atomic E-state index is 0.0904. The zero-order valence-corrected chi connectivity index (χ0v) is 77.7. The van der Waals surface area contributed by atoms with Gasteiger partial charge >= 0.3 is 71.6 Å². The largest absolute Gasteiger partial charge is 0.423 e. The third kappa shape index (κ3) is 35.6. The van der Waals surface area contributed by atoms with Crippen molar-refractivity contribution in [1.82, 2.24) is 0 Å². The molecule has 0 unspecified atom stereocenters. The average Bonchev–Trinajstić information content (AvgIpc) is 0.829. The van der Waals surface area contributed by atoms with Crippen LogP contribution in [-0.2, 0) is 57.5 Å². The number of carbonyl (C=O) groups excluding carboxylic acids is 12. The molecule has 0 N–H and O–H groups in total. The molecule has 0 heterocycles. The Kier molecular flexibility index (Phi) is 42.1. The molecule has 0 radical (unpaired) electrons. The molecule has 0 saturated carbocycles. The first-order chi connectivity index (χ1) is 67.6. The molecule has 12 rings (SSSR count). The van der Waals surface area contributed by atoms with Crippen molar-refractivity contribution in [3.05, 3.63) is 439 Å². The van der Waals surface area contributed by atoms with E-state index in [9.17, 15) is 75.1 Å². The van der Waals surface area contributed by atoms with E-state index in [1.165, 1.54) is 62.4 Å². The number of rotatable bonds is 30. The Morgan fingerprint density at radius 3 is 0.556 bits per heavy atom. The van der Waals surface area contributed by atoms with E-state index in [-0.39, 0.29) is 39.7 Å². The van der Waals surface area contributed by atoms with E-state index >= 15 is 0 Å². The van der Waals surface area contributed by atoms with Gasteiger partial charge in [0.2, 0.25) is 0 Å². The smallest absolute Gasteiger partial charge is 0.338 e. The third-order valence-corrected chi connectivity index (χ3v) is 18.2. The highest BCUT2D eigenvalue weighted by molar-refractivity contribution is 5.93. The fourth-order valence-corrected chi connectivity index (χ4v) is 10.9. The third-order valence-electron chi connectivity index (χ3n) is 18.2. The van der Waals surface area contributed by atoms with Gasteiger partial charge in [-0.2, -0.15) is 0 Å². The molecule has 0 atom stereocenters. The van der Waals surface area contributed by atoms with Gasteiger partial charge in [-0.25, -0.2) is 75.1 Å². The summed E-state index contributed by atoms with van der Waals surface area (Å²) in [5.41, 5.74) is 9.90. The molecule has 0 spiro atoms. The van der Waals surface area contributed by atoms with Crippen LogP contribution < -0.4 is 56.8 Å². The second kappa shape index (κ2) is 54.4. The van der Waals surface area contributed by atoms with Gasteiger partial charge in [0.1, 0.15) is 69.1 Å². The van der Waals surface area contributed by atoms with Crippen molar-refractivity contribution < 1.29 is 132 Å². The Hall–Kier alpha value is -19.1. The van der Waals surface area contributed by atoms with Gasteiger partial charge in [-0.05, 0) is 243 Å². The average molecular weight is 1920 g/mol. The van der Waals surface area contributed by atoms with Crippen LogP contribution in [0, 0.1) is 23.3 Å². The lowest BCUT2D eigenvalue weighted by Gasteiger charge is -2.08. The van der Waals surface area contributed by atoms with Crippen LogP contribution in [0.5, 0.6) is 69.0 Å². The lowest BCUT2D eigenvalue weighted by atomic mass is 10.0. The second-order valence-corrected chi connectivity index (χ2v) is 29.5. The van der Waals surface area contributed by atoms with Crippen molar-refractivity contribution in [3.63, 3.8) is 0 Å². The Labute approximate surface area is 815 Å². The molecular weight excluding hydrogens is 1830 g/mol. The van der Waals surface area contributed by atoms with Gasteiger partial charge in [-0.3, -0.25) is 0 Å². The first kappa shape index (κ1) is 110. The summed E-state index contributed by atoms with van der Waals surface area (Å²) in [4.78, 5) is 135. The fraction of sp³-hybridized carbons (Fsp3) is 0.0526. The Morgan fingerprint density at radius 2 is 0.345 bits per heavy atom. The normalized spacial score (nSPS) is 9.87. The number of ether oxygens (including phenoxy) is 12. The molecule has 24 nitrogen and oxygen atoms in total. The molecule has 12 aromatic rings. The lowest BCUT2D eigenvalue weighted by Crippen LogP contribution is -2.09. The van der Waals surface area contributed by atoms with Crippen molar-refractivity contribution in [1.29, 1.82) is 0 Å². The molecule has 0 aromatic heterocycles. The van der Waals surface area contributed by atoms with Gasteiger partial charge in [0, 0.05) is 93.2 Å². The fourth-order valence-electron chi connectivity index (χ4n) is 10.9. The predicted molar refractivity (Wildman–Crippen MR) is 529 cm³/mol. The summed E-state index contributed by atoms with van der Waals surface area (Å²) in [7, 11) is 0. The molecule has 0 aliphatic carbocycles. The maximum absolute atomic E-state index is 14.3. The van der Waals surface area contributed by atoms with Crippen LogP contribution in [0.15, 0.2) is 416 Å². The standard InChI is InChI=1S/2C20H17FO4.C20H18O4.2C18H13FO4.C18H14O4/c1-12(2)19(22)24-16-8-5-14(6-9-16)15-7-10-18(17(21)11-15)25-20(23)13(3)4;1-12(2)19(22)24-15-7-5-14(6-8-15)17-10-9-16(11-18(17)21)25-20(23)13(3)4;1-13(2)19(21)23-17-9-5-15(6-10-17)16-7-11-18(12-8-16)24-20(22)14(3)4;1-3-17(20)22-14-8-5-12(6-9-14)13-7-10-16(15(19)11-13)23-18(21)4-2;1-3-17(20)22-13-7-5-12(6-8-13)15-10-9-14(11-16(15)19)23-18(21)4-2;1-3-17(19)21-15-9-5-13(6-10-15)14-7-11-16(12-8-14)22-18(20)4-2/h2*5-11H,1,3H2,2,4H3;5-12H,1,3H2,2,4H3;2*3-11H,1-2H2;3-12H,1-2H2. The predicted octanol–water partition coefficient (Wildman–Crippen LogP) is 24.1. The monoisotopic (exact) mass is 1920 g/mol. The number of hydrogen-bond acceptors (Lipinski definition) is 24. The van der Waals surface area contributed by atoms with Gasteiger partial charge in [0.15, 0.2) is 23.1 Å². The summed E-state index contributed by atoms with van der Waals surface area (Å²) in [5, 5.41) is 0. The van der Waals surface area contributed by atoms with Crippen molar-refractivity contribution in [3.8, 4) is 136 Å². The zero-order chi connectivity index (χ0) is 104. The quantitative estimate of drug-likeness (QED) is 0.0175. The number of carbonyl (C=O) groups is 12. The van der Waals surface area contributed by atoms with E-state index in [4.69, 9.17) is 56.8 Å². The molecule has 0 aliphatic rings. The highest BCUT2D eigenvalue weighted by Gasteiger charge is 2.19. The molecule has 12 aromatic carbocycles. The molecule has 28 heteroatoms. The van der Waals surface area contributed by atoms with Gasteiger partial charge in [-0.15, -0.1) is 0 Å². The van der Waals surface area contributed by atoms with Crippen LogP contribution in [-0.4, -0.2) is 71.6 Å². The highest BCUT2D eigenvalue weighted by atomic mass is 19.1. The SMILES string of the molecule is C=C(C)C(=O)Oc1ccc(-c2ccc(OC(=O)C(=C)C)c(F)c2)cc1.C=C(C)C(=O)Oc1ccc(-c2ccc(OC(=O)C(=C)C)cc2)cc1.C=C(C)C(=O)Oc1ccc(-c2ccc(OC(=O)C(=C)C)cc2F)cc1.C=CC(=O)Oc1ccc(-c2ccc(OC(=O)C=C)c(F)c2)cc1.C=CC(=O)Oc1ccc(-c2ccc(OC(=O)C=C)cc2)cc1.C=CC(=O)Oc1ccc(-c2ccc(OC(=O)C=C)cc2F)cc1. The summed E-state index contributed by atoms with van der Waals surface area (Å²) >= 11 is 0. The van der Waals surface area contributed by atoms with E-state index in [0.29, 0.717) is 107 Å². The lowest BCUT2D eigenvalue weighted by molar-refractivity contribution is -0.131.